The van der Waals surface area contributed by atoms with E-state index in [9.17, 15) is 0 Å². The van der Waals surface area contributed by atoms with E-state index in [-0.39, 0.29) is 5.04 Å². The van der Waals surface area contributed by atoms with Gasteiger partial charge in [0, 0.05) is 12.3 Å². The van der Waals surface area contributed by atoms with E-state index in [2.05, 4.69) is 51.8 Å². The van der Waals surface area contributed by atoms with Gasteiger partial charge in [-0.1, -0.05) is 27.7 Å². The van der Waals surface area contributed by atoms with Crippen molar-refractivity contribution in [2.24, 2.45) is 5.92 Å². The second kappa shape index (κ2) is 6.32. The Labute approximate surface area is 136 Å². The lowest BCUT2D eigenvalue weighted by Gasteiger charge is -2.43. The second-order valence-electron chi connectivity index (χ2n) is 8.51. The monoisotopic (exact) mass is 320 g/mol. The molecule has 0 spiro atoms. The van der Waals surface area contributed by atoms with Crippen molar-refractivity contribution in [1.82, 2.24) is 4.98 Å². The van der Waals surface area contributed by atoms with Crippen molar-refractivity contribution in [2.45, 2.75) is 77.1 Å². The molecule has 124 valence electrons. The zero-order chi connectivity index (χ0) is 16.5. The molecular weight excluding hydrogens is 288 g/mol. The Morgan fingerprint density at radius 3 is 2.50 bits per heavy atom. The first-order valence-corrected chi connectivity index (χ1v) is 11.4. The van der Waals surface area contributed by atoms with Crippen LogP contribution in [0.25, 0.3) is 0 Å². The number of hydrogen-bond acceptors (Lipinski definition) is 3. The molecule has 3 atom stereocenters. The Balaban J connectivity index is 2.14. The van der Waals surface area contributed by atoms with Gasteiger partial charge in [0.1, 0.15) is 0 Å². The van der Waals surface area contributed by atoms with Gasteiger partial charge >= 0.3 is 0 Å². The van der Waals surface area contributed by atoms with Crippen LogP contribution in [0.2, 0.25) is 18.1 Å². The highest BCUT2D eigenvalue weighted by Crippen LogP contribution is 2.43. The van der Waals surface area contributed by atoms with Crippen LogP contribution in [-0.4, -0.2) is 19.4 Å². The molecule has 1 heterocycles. The maximum atomic E-state index is 6.69. The number of nitrogen functional groups attached to an aromatic ring is 1. The Kier molecular flexibility index (Phi) is 5.02. The fraction of sp³-hybridized carbons (Fsp3) is 0.722. The number of nitrogens with zero attached hydrogens (tertiary/aromatic N) is 1. The summed E-state index contributed by atoms with van der Waals surface area (Å²) < 4.78 is 6.69. The summed E-state index contributed by atoms with van der Waals surface area (Å²) in [5.41, 5.74) is 8.23. The largest absolute Gasteiger partial charge is 0.414 e. The summed E-state index contributed by atoms with van der Waals surface area (Å²) in [6.07, 6.45) is 7.46. The second-order valence-corrected chi connectivity index (χ2v) is 13.3. The van der Waals surface area contributed by atoms with Crippen molar-refractivity contribution in [3.8, 4) is 0 Å². The van der Waals surface area contributed by atoms with Gasteiger partial charge in [-0.05, 0) is 60.9 Å². The minimum atomic E-state index is -1.71. The molecule has 0 amide bonds. The third-order valence-corrected chi connectivity index (χ3v) is 10.0. The average Bonchev–Trinajstić information content (AvgIpc) is 2.36. The lowest BCUT2D eigenvalue weighted by atomic mass is 9.77. The number of pyridine rings is 1. The standard InChI is InChI=1S/C18H32N2OSi/c1-13-9-14(16-7-8-20-12-17(16)19)11-15(10-13)21-22(5,6)18(2,3)4/h7-8,12-15H,9-11,19H2,1-6H3/t13-,14-,15+/m0/s1. The van der Waals surface area contributed by atoms with Gasteiger partial charge in [0.05, 0.1) is 11.9 Å². The molecule has 0 aromatic carbocycles. The maximum absolute atomic E-state index is 6.69. The molecule has 1 aliphatic rings. The summed E-state index contributed by atoms with van der Waals surface area (Å²) in [7, 11) is -1.71. The Morgan fingerprint density at radius 1 is 1.23 bits per heavy atom. The molecule has 1 fully saturated rings. The molecule has 0 bridgehead atoms. The minimum absolute atomic E-state index is 0.263. The van der Waals surface area contributed by atoms with Crippen LogP contribution < -0.4 is 5.73 Å². The first-order chi connectivity index (χ1) is 10.1. The first-order valence-electron chi connectivity index (χ1n) is 8.47. The van der Waals surface area contributed by atoms with E-state index in [4.69, 9.17) is 10.2 Å². The van der Waals surface area contributed by atoms with Gasteiger partial charge in [-0.15, -0.1) is 0 Å². The molecule has 1 aromatic heterocycles. The first kappa shape index (κ1) is 17.5. The van der Waals surface area contributed by atoms with Crippen LogP contribution in [0.5, 0.6) is 0 Å². The van der Waals surface area contributed by atoms with Gasteiger partial charge in [0.2, 0.25) is 0 Å². The van der Waals surface area contributed by atoms with E-state index in [1.54, 1.807) is 6.20 Å². The fourth-order valence-electron chi connectivity index (χ4n) is 3.27. The lowest BCUT2D eigenvalue weighted by Crippen LogP contribution is -2.45. The van der Waals surface area contributed by atoms with Gasteiger partial charge in [-0.2, -0.15) is 0 Å². The van der Waals surface area contributed by atoms with Crippen molar-refractivity contribution in [1.29, 1.82) is 0 Å². The number of nitrogens with two attached hydrogens (primary N) is 1. The number of aromatic nitrogens is 1. The molecule has 2 N–H and O–H groups in total. The van der Waals surface area contributed by atoms with Crippen molar-refractivity contribution in [3.63, 3.8) is 0 Å². The van der Waals surface area contributed by atoms with Crippen LogP contribution in [-0.2, 0) is 4.43 Å². The summed E-state index contributed by atoms with van der Waals surface area (Å²) in [5, 5.41) is 0.263. The lowest BCUT2D eigenvalue weighted by molar-refractivity contribution is 0.103. The SMILES string of the molecule is C[C@@H]1C[C@@H](O[Si](C)(C)C(C)(C)C)C[C@@H](c2ccncc2N)C1. The van der Waals surface area contributed by atoms with Crippen LogP contribution in [0.4, 0.5) is 5.69 Å². The van der Waals surface area contributed by atoms with E-state index in [1.165, 1.54) is 18.4 Å². The van der Waals surface area contributed by atoms with Crippen LogP contribution >= 0.6 is 0 Å². The van der Waals surface area contributed by atoms with Crippen LogP contribution in [0.3, 0.4) is 0 Å². The molecule has 3 nitrogen and oxygen atoms in total. The molecule has 2 rings (SSSR count). The summed E-state index contributed by atoms with van der Waals surface area (Å²) >= 11 is 0. The summed E-state index contributed by atoms with van der Waals surface area (Å²) in [6.45, 7) is 14.0. The van der Waals surface area contributed by atoms with Gasteiger partial charge in [-0.25, -0.2) is 0 Å². The quantitative estimate of drug-likeness (QED) is 0.801. The van der Waals surface area contributed by atoms with Crippen LogP contribution in [0, 0.1) is 5.92 Å². The summed E-state index contributed by atoms with van der Waals surface area (Å²) in [5.74, 6) is 1.18. The topological polar surface area (TPSA) is 48.1 Å². The summed E-state index contributed by atoms with van der Waals surface area (Å²) in [6, 6.07) is 2.08. The van der Waals surface area contributed by atoms with E-state index in [0.717, 1.165) is 12.1 Å². The molecule has 1 saturated carbocycles. The molecule has 22 heavy (non-hydrogen) atoms. The third kappa shape index (κ3) is 3.90. The number of anilines is 1. The number of rotatable bonds is 3. The van der Waals surface area contributed by atoms with Gasteiger partial charge in [-0.3, -0.25) is 4.98 Å². The maximum Gasteiger partial charge on any atom is 0.192 e. The van der Waals surface area contributed by atoms with Crippen LogP contribution in [0.1, 0.15) is 58.4 Å². The zero-order valence-electron chi connectivity index (χ0n) is 15.0. The summed E-state index contributed by atoms with van der Waals surface area (Å²) in [4.78, 5) is 4.12. The van der Waals surface area contributed by atoms with Crippen molar-refractivity contribution in [3.05, 3.63) is 24.0 Å². The third-order valence-electron chi connectivity index (χ3n) is 5.49. The highest BCUT2D eigenvalue weighted by Gasteiger charge is 2.41. The Hall–Kier alpha value is -0.873. The average molecular weight is 321 g/mol. The van der Waals surface area contributed by atoms with E-state index in [1.807, 2.05) is 6.20 Å². The smallest absolute Gasteiger partial charge is 0.192 e. The minimum Gasteiger partial charge on any atom is -0.414 e. The molecule has 0 unspecified atom stereocenters. The van der Waals surface area contributed by atoms with E-state index >= 15 is 0 Å². The van der Waals surface area contributed by atoms with E-state index in [0.29, 0.717) is 17.9 Å². The predicted molar refractivity (Wildman–Crippen MR) is 96.5 cm³/mol. The molecule has 0 saturated heterocycles. The van der Waals surface area contributed by atoms with Gasteiger partial charge in [0.25, 0.3) is 0 Å². The van der Waals surface area contributed by atoms with Gasteiger partial charge in [0.15, 0.2) is 8.32 Å². The molecule has 0 aliphatic heterocycles. The van der Waals surface area contributed by atoms with E-state index < -0.39 is 8.32 Å². The normalized spacial score (nSPS) is 26.9. The van der Waals surface area contributed by atoms with Gasteiger partial charge < -0.3 is 10.2 Å². The van der Waals surface area contributed by atoms with Crippen LogP contribution in [0.15, 0.2) is 18.5 Å². The fourth-order valence-corrected chi connectivity index (χ4v) is 4.65. The Morgan fingerprint density at radius 2 is 1.91 bits per heavy atom. The molecule has 0 radical (unpaired) electrons. The zero-order valence-corrected chi connectivity index (χ0v) is 16.0. The highest BCUT2D eigenvalue weighted by atomic mass is 28.4. The molecule has 4 heteroatoms. The highest BCUT2D eigenvalue weighted by molar-refractivity contribution is 6.74. The molecule has 1 aromatic rings. The molecular formula is C18H32N2OSi. The molecule has 1 aliphatic carbocycles. The Bertz CT molecular complexity index is 510. The van der Waals surface area contributed by atoms with Crippen molar-refractivity contribution < 1.29 is 4.43 Å². The van der Waals surface area contributed by atoms with Crippen molar-refractivity contribution in [2.75, 3.05) is 5.73 Å². The van der Waals surface area contributed by atoms with Crippen molar-refractivity contribution >= 4 is 14.0 Å². The predicted octanol–water partition coefficient (Wildman–Crippen LogP) is 4.96. The number of hydrogen-bond donors (Lipinski definition) is 1.